The summed E-state index contributed by atoms with van der Waals surface area (Å²) in [6.07, 6.45) is 1.91. The lowest BCUT2D eigenvalue weighted by Crippen LogP contribution is -2.44. The molecule has 1 N–H and O–H groups in total. The van der Waals surface area contributed by atoms with Crippen LogP contribution in [-0.4, -0.2) is 31.1 Å². The van der Waals surface area contributed by atoms with E-state index in [0.29, 0.717) is 0 Å². The molecule has 0 unspecified atom stereocenters. The number of nitrogens with zero attached hydrogens (tertiary/aromatic N) is 1. The third kappa shape index (κ3) is 2.56. The van der Waals surface area contributed by atoms with Crippen LogP contribution in [0, 0.1) is 12.7 Å². The van der Waals surface area contributed by atoms with E-state index in [9.17, 15) is 4.39 Å². The number of nitrogens with one attached hydrogen (secondary N) is 1. The van der Waals surface area contributed by atoms with Gasteiger partial charge in [0.1, 0.15) is 5.82 Å². The van der Waals surface area contributed by atoms with Crippen LogP contribution in [0.3, 0.4) is 0 Å². The minimum atomic E-state index is -0.135. The molecule has 0 radical (unpaired) electrons. The highest BCUT2D eigenvalue weighted by atomic mass is 19.1. The van der Waals surface area contributed by atoms with E-state index >= 15 is 0 Å². The number of benzene rings is 1. The Balaban J connectivity index is 2.27. The van der Waals surface area contributed by atoms with Gasteiger partial charge in [0.25, 0.3) is 0 Å². The summed E-state index contributed by atoms with van der Waals surface area (Å²) in [4.78, 5) is 2.34. The van der Waals surface area contributed by atoms with Crippen molar-refractivity contribution < 1.29 is 4.39 Å². The molecule has 0 amide bonds. The number of hydrogen-bond donors (Lipinski definition) is 1. The van der Waals surface area contributed by atoms with Crippen LogP contribution in [0.4, 0.5) is 4.39 Å². The van der Waals surface area contributed by atoms with Crippen LogP contribution in [0.5, 0.6) is 0 Å². The second kappa shape index (κ2) is 5.43. The third-order valence-electron chi connectivity index (χ3n) is 3.40. The Kier molecular flexibility index (Phi) is 3.92. The first-order chi connectivity index (χ1) is 8.24. The van der Waals surface area contributed by atoms with Crippen molar-refractivity contribution in [3.63, 3.8) is 0 Å². The predicted molar refractivity (Wildman–Crippen MR) is 68.5 cm³/mol. The fourth-order valence-electron chi connectivity index (χ4n) is 2.38. The molecule has 2 nitrogen and oxygen atoms in total. The van der Waals surface area contributed by atoms with E-state index in [1.54, 1.807) is 6.07 Å². The first-order valence-electron chi connectivity index (χ1n) is 6.06. The van der Waals surface area contributed by atoms with Gasteiger partial charge < -0.3 is 5.32 Å². The van der Waals surface area contributed by atoms with E-state index in [0.717, 1.165) is 37.3 Å². The van der Waals surface area contributed by atoms with Crippen molar-refractivity contribution in [3.8, 4) is 0 Å². The summed E-state index contributed by atoms with van der Waals surface area (Å²) < 4.78 is 13.6. The van der Waals surface area contributed by atoms with Gasteiger partial charge in [0.2, 0.25) is 0 Å². The van der Waals surface area contributed by atoms with Crippen molar-refractivity contribution in [2.45, 2.75) is 13.0 Å². The molecule has 1 aromatic carbocycles. The molecule has 1 heterocycles. The summed E-state index contributed by atoms with van der Waals surface area (Å²) in [6.45, 7) is 9.66. The van der Waals surface area contributed by atoms with E-state index in [4.69, 9.17) is 0 Å². The van der Waals surface area contributed by atoms with Gasteiger partial charge in [0, 0.05) is 26.2 Å². The average molecular weight is 234 g/mol. The Morgan fingerprint density at radius 2 is 2.12 bits per heavy atom. The highest BCUT2D eigenvalue weighted by Crippen LogP contribution is 2.26. The third-order valence-corrected chi connectivity index (χ3v) is 3.40. The van der Waals surface area contributed by atoms with Gasteiger partial charge >= 0.3 is 0 Å². The average Bonchev–Trinajstić information content (AvgIpc) is 2.37. The van der Waals surface area contributed by atoms with Crippen LogP contribution in [-0.2, 0) is 0 Å². The first kappa shape index (κ1) is 12.3. The van der Waals surface area contributed by atoms with Crippen LogP contribution in [0.15, 0.2) is 30.9 Å². The molecule has 1 fully saturated rings. The molecule has 0 saturated carbocycles. The maximum Gasteiger partial charge on any atom is 0.126 e. The van der Waals surface area contributed by atoms with Gasteiger partial charge in [-0.2, -0.15) is 0 Å². The summed E-state index contributed by atoms with van der Waals surface area (Å²) in [5.74, 6) is -0.135. The molecular weight excluding hydrogens is 215 g/mol. The predicted octanol–water partition coefficient (Wildman–Crippen LogP) is 2.27. The monoisotopic (exact) mass is 234 g/mol. The van der Waals surface area contributed by atoms with Crippen molar-refractivity contribution in [1.82, 2.24) is 10.2 Å². The lowest BCUT2D eigenvalue weighted by molar-refractivity contribution is 0.203. The van der Waals surface area contributed by atoms with E-state index in [1.165, 1.54) is 6.07 Å². The highest BCUT2D eigenvalue weighted by molar-refractivity contribution is 5.32. The standard InChI is InChI=1S/C14H19FN2/c1-3-14(17-9-7-16-8-10-17)12-5-4-6-13(15)11(12)2/h3-6,14,16H,1,7-10H2,2H3/t14-/m1/s1. The second-order valence-corrected chi connectivity index (χ2v) is 4.42. The molecule has 92 valence electrons. The number of hydrogen-bond acceptors (Lipinski definition) is 2. The van der Waals surface area contributed by atoms with Crippen molar-refractivity contribution in [3.05, 3.63) is 47.8 Å². The van der Waals surface area contributed by atoms with Crippen LogP contribution in [0.1, 0.15) is 17.2 Å². The lowest BCUT2D eigenvalue weighted by Gasteiger charge is -2.34. The molecule has 0 aliphatic carbocycles. The van der Waals surface area contributed by atoms with Crippen LogP contribution in [0.2, 0.25) is 0 Å². The number of rotatable bonds is 3. The summed E-state index contributed by atoms with van der Waals surface area (Å²) >= 11 is 0. The van der Waals surface area contributed by atoms with Crippen LogP contribution >= 0.6 is 0 Å². The van der Waals surface area contributed by atoms with Crippen molar-refractivity contribution in [2.75, 3.05) is 26.2 Å². The maximum absolute atomic E-state index is 13.6. The molecule has 1 atom stereocenters. The summed E-state index contributed by atoms with van der Waals surface area (Å²) in [7, 11) is 0. The first-order valence-corrected chi connectivity index (χ1v) is 6.06. The molecule has 1 aliphatic heterocycles. The zero-order chi connectivity index (χ0) is 12.3. The van der Waals surface area contributed by atoms with E-state index < -0.39 is 0 Å². The fourth-order valence-corrected chi connectivity index (χ4v) is 2.38. The maximum atomic E-state index is 13.6. The topological polar surface area (TPSA) is 15.3 Å². The molecule has 0 spiro atoms. The highest BCUT2D eigenvalue weighted by Gasteiger charge is 2.21. The number of piperazine rings is 1. The van der Waals surface area contributed by atoms with Gasteiger partial charge in [-0.05, 0) is 24.1 Å². The minimum absolute atomic E-state index is 0.118. The smallest absolute Gasteiger partial charge is 0.126 e. The minimum Gasteiger partial charge on any atom is -0.314 e. The Hall–Kier alpha value is -1.19. The molecule has 0 aromatic heterocycles. The summed E-state index contributed by atoms with van der Waals surface area (Å²) in [6, 6.07) is 5.40. The molecule has 2 rings (SSSR count). The van der Waals surface area contributed by atoms with Gasteiger partial charge in [-0.3, -0.25) is 4.90 Å². The van der Waals surface area contributed by atoms with Crippen LogP contribution < -0.4 is 5.32 Å². The Bertz CT molecular complexity index is 397. The Morgan fingerprint density at radius 1 is 1.41 bits per heavy atom. The molecular formula is C14H19FN2. The van der Waals surface area contributed by atoms with Gasteiger partial charge in [0.05, 0.1) is 6.04 Å². The molecule has 1 aliphatic rings. The SMILES string of the molecule is C=C[C@H](c1cccc(F)c1C)N1CCNCC1. The van der Waals surface area contributed by atoms with Crippen molar-refractivity contribution in [2.24, 2.45) is 0 Å². The zero-order valence-corrected chi connectivity index (χ0v) is 10.2. The summed E-state index contributed by atoms with van der Waals surface area (Å²) in [5, 5.41) is 3.32. The fraction of sp³-hybridized carbons (Fsp3) is 0.429. The van der Waals surface area contributed by atoms with Crippen LogP contribution in [0.25, 0.3) is 0 Å². The van der Waals surface area contributed by atoms with Gasteiger partial charge in [-0.25, -0.2) is 4.39 Å². The van der Waals surface area contributed by atoms with Crippen molar-refractivity contribution >= 4 is 0 Å². The van der Waals surface area contributed by atoms with Gasteiger partial charge in [0.15, 0.2) is 0 Å². The molecule has 3 heteroatoms. The number of halogens is 1. The van der Waals surface area contributed by atoms with Crippen molar-refractivity contribution in [1.29, 1.82) is 0 Å². The largest absolute Gasteiger partial charge is 0.314 e. The quantitative estimate of drug-likeness (QED) is 0.807. The Labute approximate surface area is 102 Å². The van der Waals surface area contributed by atoms with E-state index in [1.807, 2.05) is 19.1 Å². The van der Waals surface area contributed by atoms with Gasteiger partial charge in [-0.1, -0.05) is 18.2 Å². The van der Waals surface area contributed by atoms with E-state index in [2.05, 4.69) is 16.8 Å². The van der Waals surface area contributed by atoms with E-state index in [-0.39, 0.29) is 11.9 Å². The molecule has 0 bridgehead atoms. The second-order valence-electron chi connectivity index (χ2n) is 4.42. The normalized spacial score (nSPS) is 18.9. The molecule has 17 heavy (non-hydrogen) atoms. The molecule has 1 saturated heterocycles. The van der Waals surface area contributed by atoms with Gasteiger partial charge in [-0.15, -0.1) is 6.58 Å². The Morgan fingerprint density at radius 3 is 2.76 bits per heavy atom. The lowest BCUT2D eigenvalue weighted by atomic mass is 9.99. The molecule has 1 aromatic rings. The summed E-state index contributed by atoms with van der Waals surface area (Å²) in [5.41, 5.74) is 1.76. The zero-order valence-electron chi connectivity index (χ0n) is 10.2.